The van der Waals surface area contributed by atoms with Crippen molar-refractivity contribution < 1.29 is 9.53 Å². The molecule has 6 aromatic rings. The van der Waals surface area contributed by atoms with Gasteiger partial charge in [-0.2, -0.15) is 5.10 Å². The summed E-state index contributed by atoms with van der Waals surface area (Å²) in [6.45, 7) is 1.68. The van der Waals surface area contributed by atoms with Crippen molar-refractivity contribution >= 4 is 33.2 Å². The number of rotatable bonds is 5. The largest absolute Gasteiger partial charge is 0.484 e. The summed E-state index contributed by atoms with van der Waals surface area (Å²) in [7, 11) is 0. The molecule has 0 fully saturated rings. The van der Waals surface area contributed by atoms with Crippen LogP contribution in [0, 0.1) is 6.92 Å². The summed E-state index contributed by atoms with van der Waals surface area (Å²) in [5.74, 6) is 0.115. The highest BCUT2D eigenvalue weighted by molar-refractivity contribution is 5.88. The first-order chi connectivity index (χ1) is 17.6. The van der Waals surface area contributed by atoms with Gasteiger partial charge in [-0.05, 0) is 41.5 Å². The molecule has 36 heavy (non-hydrogen) atoms. The molecular formula is C28H21N5O3. The van der Waals surface area contributed by atoms with Crippen LogP contribution in [0.1, 0.15) is 5.69 Å². The van der Waals surface area contributed by atoms with Gasteiger partial charge in [0.05, 0.1) is 16.6 Å². The lowest BCUT2D eigenvalue weighted by atomic mass is 10.1. The van der Waals surface area contributed by atoms with Crippen molar-refractivity contribution in [2.45, 2.75) is 6.92 Å². The standard InChI is InChI=1S/C28H21N5O3/c1-18-26(20-8-3-2-4-9-20)27-29-16-23-24(33(27)30-18)13-14-32(28(23)35)31-25(34)17-36-22-12-11-19-7-5-6-10-21(19)15-22/h2-16H,17H2,1H3,(H,31,34). The molecule has 1 amide bonds. The molecule has 3 heterocycles. The molecule has 3 aromatic carbocycles. The average Bonchev–Trinajstić information content (AvgIpc) is 3.25. The van der Waals surface area contributed by atoms with Gasteiger partial charge in [0.1, 0.15) is 5.75 Å². The molecule has 0 spiro atoms. The third-order valence-electron chi connectivity index (χ3n) is 6.09. The van der Waals surface area contributed by atoms with E-state index < -0.39 is 11.5 Å². The van der Waals surface area contributed by atoms with E-state index in [0.29, 0.717) is 22.3 Å². The fourth-order valence-electron chi connectivity index (χ4n) is 4.38. The van der Waals surface area contributed by atoms with Crippen LogP contribution in [0.4, 0.5) is 0 Å². The van der Waals surface area contributed by atoms with Gasteiger partial charge in [-0.3, -0.25) is 15.0 Å². The van der Waals surface area contributed by atoms with E-state index in [9.17, 15) is 9.59 Å². The molecule has 0 atom stereocenters. The lowest BCUT2D eigenvalue weighted by Crippen LogP contribution is -2.35. The van der Waals surface area contributed by atoms with Gasteiger partial charge < -0.3 is 4.74 Å². The normalized spacial score (nSPS) is 11.2. The number of ether oxygens (including phenoxy) is 1. The second kappa shape index (κ2) is 8.66. The summed E-state index contributed by atoms with van der Waals surface area (Å²) >= 11 is 0. The summed E-state index contributed by atoms with van der Waals surface area (Å²) in [6.07, 6.45) is 3.03. The number of nitrogens with zero attached hydrogens (tertiary/aromatic N) is 4. The monoisotopic (exact) mass is 475 g/mol. The molecule has 0 aliphatic rings. The minimum atomic E-state index is -0.458. The fraction of sp³-hybridized carbons (Fsp3) is 0.0714. The smallest absolute Gasteiger partial charge is 0.280 e. The Morgan fingerprint density at radius 1 is 0.972 bits per heavy atom. The molecule has 0 saturated carbocycles. The highest BCUT2D eigenvalue weighted by atomic mass is 16.5. The van der Waals surface area contributed by atoms with Crippen LogP contribution in [0.3, 0.4) is 0 Å². The van der Waals surface area contributed by atoms with Gasteiger partial charge in [0.15, 0.2) is 12.3 Å². The van der Waals surface area contributed by atoms with Crippen LogP contribution in [-0.4, -0.2) is 31.8 Å². The maximum Gasteiger partial charge on any atom is 0.280 e. The van der Waals surface area contributed by atoms with Crippen LogP contribution in [0.2, 0.25) is 0 Å². The number of pyridine rings is 1. The predicted molar refractivity (Wildman–Crippen MR) is 139 cm³/mol. The van der Waals surface area contributed by atoms with Crippen LogP contribution >= 0.6 is 0 Å². The predicted octanol–water partition coefficient (Wildman–Crippen LogP) is 4.32. The topological polar surface area (TPSA) is 90.5 Å². The number of aromatic nitrogens is 4. The SMILES string of the molecule is Cc1nn2c(ncc3c(=O)n(NC(=O)COc4ccc5ccccc5c4)ccc32)c1-c1ccccc1. The van der Waals surface area contributed by atoms with Crippen LogP contribution in [0.15, 0.2) is 96.1 Å². The highest BCUT2D eigenvalue weighted by Gasteiger charge is 2.16. The van der Waals surface area contributed by atoms with Gasteiger partial charge in [0.2, 0.25) is 0 Å². The Balaban J connectivity index is 1.26. The van der Waals surface area contributed by atoms with Gasteiger partial charge >= 0.3 is 0 Å². The van der Waals surface area contributed by atoms with Crippen molar-refractivity contribution in [1.82, 2.24) is 19.3 Å². The molecule has 0 aliphatic heterocycles. The number of nitrogens with one attached hydrogen (secondary N) is 1. The number of fused-ring (bicyclic) bond motifs is 4. The van der Waals surface area contributed by atoms with Gasteiger partial charge in [-0.15, -0.1) is 0 Å². The second-order valence-electron chi connectivity index (χ2n) is 8.44. The summed E-state index contributed by atoms with van der Waals surface area (Å²) in [6, 6.07) is 25.1. The van der Waals surface area contributed by atoms with Gasteiger partial charge in [0, 0.05) is 18.0 Å². The van der Waals surface area contributed by atoms with Crippen LogP contribution in [0.5, 0.6) is 5.75 Å². The van der Waals surface area contributed by atoms with Crippen LogP contribution in [-0.2, 0) is 4.79 Å². The van der Waals surface area contributed by atoms with Crippen LogP contribution in [0.25, 0.3) is 38.4 Å². The van der Waals surface area contributed by atoms with E-state index in [1.165, 1.54) is 12.4 Å². The van der Waals surface area contributed by atoms with Crippen molar-refractivity contribution in [1.29, 1.82) is 0 Å². The minimum Gasteiger partial charge on any atom is -0.484 e. The van der Waals surface area contributed by atoms with Crippen molar-refractivity contribution in [2.24, 2.45) is 0 Å². The first-order valence-electron chi connectivity index (χ1n) is 11.4. The molecule has 8 heteroatoms. The highest BCUT2D eigenvalue weighted by Crippen LogP contribution is 2.28. The summed E-state index contributed by atoms with van der Waals surface area (Å²) in [5.41, 5.74) is 6.17. The lowest BCUT2D eigenvalue weighted by molar-refractivity contribution is -0.119. The molecule has 1 N–H and O–H groups in total. The van der Waals surface area contributed by atoms with E-state index in [0.717, 1.165) is 32.3 Å². The summed E-state index contributed by atoms with van der Waals surface area (Å²) in [4.78, 5) is 30.2. The fourth-order valence-corrected chi connectivity index (χ4v) is 4.38. The van der Waals surface area contributed by atoms with E-state index >= 15 is 0 Å². The zero-order valence-corrected chi connectivity index (χ0v) is 19.4. The number of benzene rings is 3. The minimum absolute atomic E-state index is 0.237. The molecule has 176 valence electrons. The third kappa shape index (κ3) is 3.74. The van der Waals surface area contributed by atoms with E-state index in [1.54, 1.807) is 10.6 Å². The molecule has 0 radical (unpaired) electrons. The van der Waals surface area contributed by atoms with E-state index in [2.05, 4.69) is 15.5 Å². The zero-order valence-electron chi connectivity index (χ0n) is 19.4. The molecule has 8 nitrogen and oxygen atoms in total. The molecule has 0 bridgehead atoms. The Labute approximate surface area is 205 Å². The van der Waals surface area contributed by atoms with Crippen molar-refractivity contribution in [3.63, 3.8) is 0 Å². The Morgan fingerprint density at radius 2 is 1.75 bits per heavy atom. The number of carbonyl (C=O) groups excluding carboxylic acids is 1. The third-order valence-corrected chi connectivity index (χ3v) is 6.09. The molecule has 6 rings (SSSR count). The van der Waals surface area contributed by atoms with Crippen molar-refractivity contribution in [3.8, 4) is 16.9 Å². The first kappa shape index (κ1) is 21.5. The summed E-state index contributed by atoms with van der Waals surface area (Å²) in [5, 5.41) is 7.07. The summed E-state index contributed by atoms with van der Waals surface area (Å²) < 4.78 is 8.44. The Kier molecular flexibility index (Phi) is 5.19. The first-order valence-corrected chi connectivity index (χ1v) is 11.4. The quantitative estimate of drug-likeness (QED) is 0.401. The number of carbonyl (C=O) groups is 1. The van der Waals surface area contributed by atoms with Crippen molar-refractivity contribution in [3.05, 3.63) is 107 Å². The molecular weight excluding hydrogens is 454 g/mol. The van der Waals surface area contributed by atoms with E-state index in [4.69, 9.17) is 4.74 Å². The van der Waals surface area contributed by atoms with Gasteiger partial charge in [0.25, 0.3) is 11.5 Å². The molecule has 0 unspecified atom stereocenters. The van der Waals surface area contributed by atoms with Crippen molar-refractivity contribution in [2.75, 3.05) is 12.0 Å². The maximum atomic E-state index is 13.1. The van der Waals surface area contributed by atoms with Crippen LogP contribution < -0.4 is 15.7 Å². The van der Waals surface area contributed by atoms with Gasteiger partial charge in [-0.1, -0.05) is 60.7 Å². The second-order valence-corrected chi connectivity index (χ2v) is 8.44. The lowest BCUT2D eigenvalue weighted by Gasteiger charge is -2.11. The maximum absolute atomic E-state index is 13.1. The average molecular weight is 476 g/mol. The number of hydrogen-bond acceptors (Lipinski definition) is 5. The number of amides is 1. The van der Waals surface area contributed by atoms with E-state index in [1.807, 2.05) is 79.7 Å². The van der Waals surface area contributed by atoms with E-state index in [-0.39, 0.29) is 6.61 Å². The Hall–Kier alpha value is -4.98. The van der Waals surface area contributed by atoms with Gasteiger partial charge in [-0.25, -0.2) is 14.2 Å². The Bertz CT molecular complexity index is 1820. The molecule has 0 aliphatic carbocycles. The molecule has 0 saturated heterocycles. The zero-order chi connectivity index (χ0) is 24.6. The number of hydrogen-bond donors (Lipinski definition) is 1. The number of aryl methyl sites for hydroxylation is 1. The molecule has 3 aromatic heterocycles. The Morgan fingerprint density at radius 3 is 2.58 bits per heavy atom.